The molecule has 224 valence electrons. The fraction of sp³-hybridized carbons (Fsp3) is 0.515. The van der Waals surface area contributed by atoms with Gasteiger partial charge in [-0.05, 0) is 42.1 Å². The Labute approximate surface area is 246 Å². The van der Waals surface area contributed by atoms with Gasteiger partial charge in [0, 0.05) is 12.5 Å². The maximum absolute atomic E-state index is 13.8. The van der Waals surface area contributed by atoms with Crippen molar-refractivity contribution in [1.29, 1.82) is 0 Å². The fourth-order valence-corrected chi connectivity index (χ4v) is 6.25. The standard InChI is InChI=1S/C33H47NO6Si/c1-8-28(31(36)34-27(23-39-32(34)37)21-25-15-11-9-12-16-25)30(35)24(2)29(40-41(6,7)33(3,4)5)19-20-38-22-26-17-13-10-14-18-26/h8-18,24,27-30,35H,1,19-23H2,2-7H3/t24-,27-,28-,29+,30+/m1/s1. The number of rotatable bonds is 14. The number of benzene rings is 2. The smallest absolute Gasteiger partial charge is 0.417 e. The predicted octanol–water partition coefficient (Wildman–Crippen LogP) is 6.37. The Morgan fingerprint density at radius 1 is 1.12 bits per heavy atom. The molecule has 0 radical (unpaired) electrons. The highest BCUT2D eigenvalue weighted by Crippen LogP contribution is 2.39. The first-order valence-corrected chi connectivity index (χ1v) is 17.4. The average molecular weight is 582 g/mol. The van der Waals surface area contributed by atoms with E-state index in [9.17, 15) is 14.7 Å². The van der Waals surface area contributed by atoms with Crippen molar-refractivity contribution < 1.29 is 28.6 Å². The molecule has 0 bridgehead atoms. The summed E-state index contributed by atoms with van der Waals surface area (Å²) in [5.41, 5.74) is 2.08. The van der Waals surface area contributed by atoms with Crippen LogP contribution in [0.15, 0.2) is 73.3 Å². The van der Waals surface area contributed by atoms with Crippen LogP contribution in [0.25, 0.3) is 0 Å². The molecule has 7 nitrogen and oxygen atoms in total. The van der Waals surface area contributed by atoms with Crippen LogP contribution in [0.3, 0.4) is 0 Å². The molecular formula is C33H47NO6Si. The summed E-state index contributed by atoms with van der Waals surface area (Å²) >= 11 is 0. The van der Waals surface area contributed by atoms with Crippen LogP contribution in [0.2, 0.25) is 18.1 Å². The zero-order chi connectivity index (χ0) is 30.2. The minimum atomic E-state index is -2.23. The van der Waals surface area contributed by atoms with E-state index in [-0.39, 0.29) is 17.7 Å². The van der Waals surface area contributed by atoms with Gasteiger partial charge >= 0.3 is 6.09 Å². The van der Waals surface area contributed by atoms with Crippen molar-refractivity contribution in [2.75, 3.05) is 13.2 Å². The van der Waals surface area contributed by atoms with Gasteiger partial charge in [-0.2, -0.15) is 0 Å². The second kappa shape index (κ2) is 14.4. The normalized spacial score (nSPS) is 18.9. The van der Waals surface area contributed by atoms with Gasteiger partial charge in [-0.3, -0.25) is 4.79 Å². The Hall–Kier alpha value is -2.78. The summed E-state index contributed by atoms with van der Waals surface area (Å²) in [6.07, 6.45) is 0.300. The summed E-state index contributed by atoms with van der Waals surface area (Å²) in [6.45, 7) is 17.7. The third-order valence-electron chi connectivity index (χ3n) is 8.46. The Bertz CT molecular complexity index is 1130. The van der Waals surface area contributed by atoms with Gasteiger partial charge in [0.25, 0.3) is 0 Å². The van der Waals surface area contributed by atoms with Gasteiger partial charge in [-0.15, -0.1) is 6.58 Å². The molecule has 1 aliphatic rings. The number of hydrogen-bond acceptors (Lipinski definition) is 6. The van der Waals surface area contributed by atoms with Crippen LogP contribution >= 0.6 is 0 Å². The van der Waals surface area contributed by atoms with E-state index in [1.807, 2.05) is 67.6 Å². The molecule has 41 heavy (non-hydrogen) atoms. The average Bonchev–Trinajstić information content (AvgIpc) is 3.30. The minimum Gasteiger partial charge on any atom is -0.447 e. The SMILES string of the molecule is C=C[C@@H](C(=O)N1C(=O)OC[C@H]1Cc1ccccc1)[C@@H](O)[C@H](C)[C@H](CCOCc1ccccc1)O[Si](C)(C)C(C)(C)C. The van der Waals surface area contributed by atoms with Crippen LogP contribution in [-0.4, -0.2) is 61.8 Å². The monoisotopic (exact) mass is 581 g/mol. The minimum absolute atomic E-state index is 0.0432. The van der Waals surface area contributed by atoms with Gasteiger partial charge in [0.15, 0.2) is 8.32 Å². The van der Waals surface area contributed by atoms with Gasteiger partial charge in [-0.1, -0.05) is 94.4 Å². The summed E-state index contributed by atoms with van der Waals surface area (Å²) in [4.78, 5) is 27.6. The van der Waals surface area contributed by atoms with Gasteiger partial charge in [-0.25, -0.2) is 9.69 Å². The maximum atomic E-state index is 13.8. The van der Waals surface area contributed by atoms with Crippen LogP contribution in [0.4, 0.5) is 4.79 Å². The van der Waals surface area contributed by atoms with Crippen molar-refractivity contribution in [2.45, 2.75) is 83.5 Å². The number of carbonyl (C=O) groups is 2. The first-order chi connectivity index (χ1) is 19.4. The molecule has 0 aliphatic carbocycles. The van der Waals surface area contributed by atoms with E-state index in [0.29, 0.717) is 26.1 Å². The van der Waals surface area contributed by atoms with Gasteiger partial charge in [0.05, 0.1) is 30.8 Å². The second-order valence-electron chi connectivity index (χ2n) is 12.5. The van der Waals surface area contributed by atoms with Crippen LogP contribution < -0.4 is 0 Å². The van der Waals surface area contributed by atoms with E-state index < -0.39 is 44.3 Å². The van der Waals surface area contributed by atoms with E-state index in [4.69, 9.17) is 13.9 Å². The van der Waals surface area contributed by atoms with Crippen molar-refractivity contribution in [2.24, 2.45) is 11.8 Å². The molecule has 3 rings (SSSR count). The summed E-state index contributed by atoms with van der Waals surface area (Å²) < 4.78 is 18.1. The lowest BCUT2D eigenvalue weighted by atomic mass is 9.86. The largest absolute Gasteiger partial charge is 0.447 e. The number of hydrogen-bond donors (Lipinski definition) is 1. The Kier molecular flexibility index (Phi) is 11.5. The van der Waals surface area contributed by atoms with E-state index in [0.717, 1.165) is 16.0 Å². The molecule has 1 saturated heterocycles. The Balaban J connectivity index is 1.75. The molecule has 2 aromatic rings. The molecular weight excluding hydrogens is 534 g/mol. The number of cyclic esters (lactones) is 1. The number of aliphatic hydroxyl groups is 1. The first-order valence-electron chi connectivity index (χ1n) is 14.5. The molecule has 5 atom stereocenters. The zero-order valence-electron chi connectivity index (χ0n) is 25.4. The third-order valence-corrected chi connectivity index (χ3v) is 13.0. The highest BCUT2D eigenvalue weighted by atomic mass is 28.4. The van der Waals surface area contributed by atoms with Crippen LogP contribution in [-0.2, 0) is 31.7 Å². The Morgan fingerprint density at radius 2 is 1.71 bits per heavy atom. The van der Waals surface area contributed by atoms with Crippen molar-refractivity contribution >= 4 is 20.3 Å². The summed E-state index contributed by atoms with van der Waals surface area (Å²) in [7, 11) is -2.23. The van der Waals surface area contributed by atoms with E-state index >= 15 is 0 Å². The van der Waals surface area contributed by atoms with Gasteiger partial charge < -0.3 is 19.0 Å². The third kappa shape index (κ3) is 8.61. The topological polar surface area (TPSA) is 85.3 Å². The van der Waals surface area contributed by atoms with Crippen molar-refractivity contribution in [3.05, 3.63) is 84.4 Å². The molecule has 1 fully saturated rings. The number of carbonyl (C=O) groups excluding carboxylic acids is 2. The molecule has 1 aliphatic heterocycles. The summed E-state index contributed by atoms with van der Waals surface area (Å²) in [6, 6.07) is 19.2. The number of aliphatic hydroxyl groups excluding tert-OH is 1. The van der Waals surface area contributed by atoms with Crippen LogP contribution in [0.5, 0.6) is 0 Å². The van der Waals surface area contributed by atoms with Crippen LogP contribution in [0, 0.1) is 11.8 Å². The van der Waals surface area contributed by atoms with Gasteiger partial charge in [0.1, 0.15) is 6.61 Å². The highest BCUT2D eigenvalue weighted by Gasteiger charge is 2.45. The zero-order valence-corrected chi connectivity index (χ0v) is 26.4. The molecule has 0 saturated carbocycles. The molecule has 2 aromatic carbocycles. The van der Waals surface area contributed by atoms with Crippen molar-refractivity contribution in [3.8, 4) is 0 Å². The molecule has 1 N–H and O–H groups in total. The lowest BCUT2D eigenvalue weighted by Crippen LogP contribution is -2.51. The number of nitrogens with zero attached hydrogens (tertiary/aromatic N) is 1. The molecule has 0 unspecified atom stereocenters. The maximum Gasteiger partial charge on any atom is 0.417 e. The van der Waals surface area contributed by atoms with E-state index in [1.165, 1.54) is 6.08 Å². The van der Waals surface area contributed by atoms with Gasteiger partial charge in [0.2, 0.25) is 5.91 Å². The second-order valence-corrected chi connectivity index (χ2v) is 17.2. The quantitative estimate of drug-likeness (QED) is 0.158. The Morgan fingerprint density at radius 3 is 2.27 bits per heavy atom. The van der Waals surface area contributed by atoms with E-state index in [2.05, 4.69) is 40.4 Å². The molecule has 1 heterocycles. The van der Waals surface area contributed by atoms with Crippen molar-refractivity contribution in [1.82, 2.24) is 4.90 Å². The fourth-order valence-electron chi connectivity index (χ4n) is 4.81. The molecule has 0 spiro atoms. The molecule has 2 amide bonds. The summed E-state index contributed by atoms with van der Waals surface area (Å²) in [5.74, 6) is -1.93. The van der Waals surface area contributed by atoms with Crippen molar-refractivity contribution in [3.63, 3.8) is 0 Å². The predicted molar refractivity (Wildman–Crippen MR) is 164 cm³/mol. The molecule has 8 heteroatoms. The lowest BCUT2D eigenvalue weighted by molar-refractivity contribution is -0.137. The lowest BCUT2D eigenvalue weighted by Gasteiger charge is -2.42. The van der Waals surface area contributed by atoms with Crippen LogP contribution in [0.1, 0.15) is 45.2 Å². The highest BCUT2D eigenvalue weighted by molar-refractivity contribution is 6.74. The number of ether oxygens (including phenoxy) is 2. The first kappa shape index (κ1) is 32.7. The number of amides is 2. The number of imide groups is 1. The van der Waals surface area contributed by atoms with E-state index in [1.54, 1.807) is 0 Å². The summed E-state index contributed by atoms with van der Waals surface area (Å²) in [5, 5.41) is 11.6. The molecule has 0 aromatic heterocycles.